The van der Waals surface area contributed by atoms with Crippen molar-refractivity contribution in [3.8, 4) is 0 Å². The number of carbonyl (C=O) groups is 1. The lowest BCUT2D eigenvalue weighted by Gasteiger charge is -2.32. The van der Waals surface area contributed by atoms with Crippen LogP contribution in [0.5, 0.6) is 0 Å². The third-order valence-corrected chi connectivity index (χ3v) is 4.04. The molecule has 0 spiro atoms. The Labute approximate surface area is 116 Å². The molecule has 1 aromatic rings. The van der Waals surface area contributed by atoms with Crippen molar-refractivity contribution in [3.63, 3.8) is 0 Å². The topological polar surface area (TPSA) is 17.1 Å². The predicted octanol–water partition coefficient (Wildman–Crippen LogP) is 4.75. The summed E-state index contributed by atoms with van der Waals surface area (Å²) in [6.45, 7) is 8.18. The second-order valence-electron chi connectivity index (χ2n) is 5.89. The van der Waals surface area contributed by atoms with Crippen molar-refractivity contribution < 1.29 is 4.79 Å². The van der Waals surface area contributed by atoms with Crippen molar-refractivity contribution in [2.45, 2.75) is 46.0 Å². The van der Waals surface area contributed by atoms with Gasteiger partial charge >= 0.3 is 0 Å². The Morgan fingerprint density at radius 1 is 1.26 bits per heavy atom. The summed E-state index contributed by atoms with van der Waals surface area (Å²) in [5.41, 5.74) is 4.54. The fourth-order valence-electron chi connectivity index (χ4n) is 2.78. The average Bonchev–Trinajstić information content (AvgIpc) is 2.39. The standard InChI is InChI=1S/C18H22O/c1-13-10-11-16(14(2)19)17(12-13)18(3,4)15-8-6-5-7-9-15/h5-6,8,10-12H,7,9H2,1-4H3. The molecule has 0 unspecified atom stereocenters. The zero-order chi connectivity index (χ0) is 14.0. The molecular weight excluding hydrogens is 232 g/mol. The third kappa shape index (κ3) is 2.70. The zero-order valence-corrected chi connectivity index (χ0v) is 12.3. The average molecular weight is 254 g/mol. The molecule has 1 aliphatic rings. The number of allylic oxidation sites excluding steroid dienone is 4. The minimum Gasteiger partial charge on any atom is -0.295 e. The molecule has 0 saturated carbocycles. The summed E-state index contributed by atoms with van der Waals surface area (Å²) >= 11 is 0. The first-order chi connectivity index (χ1) is 8.93. The quantitative estimate of drug-likeness (QED) is 0.711. The molecule has 1 aromatic carbocycles. The van der Waals surface area contributed by atoms with E-state index in [-0.39, 0.29) is 11.2 Å². The second-order valence-corrected chi connectivity index (χ2v) is 5.89. The SMILES string of the molecule is CC(=O)c1ccc(C)cc1C(C)(C)C1=CC=CCC1. The number of Topliss-reactive ketones (excluding diaryl/α,β-unsaturated/α-hetero) is 1. The van der Waals surface area contributed by atoms with E-state index >= 15 is 0 Å². The number of hydrogen-bond donors (Lipinski definition) is 0. The largest absolute Gasteiger partial charge is 0.295 e. The fraction of sp³-hybridized carbons (Fsp3) is 0.389. The van der Waals surface area contributed by atoms with Gasteiger partial charge in [0.2, 0.25) is 0 Å². The summed E-state index contributed by atoms with van der Waals surface area (Å²) in [5.74, 6) is 0.148. The van der Waals surface area contributed by atoms with Crippen LogP contribution in [0.25, 0.3) is 0 Å². The Morgan fingerprint density at radius 3 is 2.58 bits per heavy atom. The molecule has 0 atom stereocenters. The van der Waals surface area contributed by atoms with Crippen LogP contribution in [0.2, 0.25) is 0 Å². The van der Waals surface area contributed by atoms with Crippen LogP contribution in [-0.2, 0) is 5.41 Å². The van der Waals surface area contributed by atoms with E-state index in [0.29, 0.717) is 0 Å². The van der Waals surface area contributed by atoms with Gasteiger partial charge in [-0.2, -0.15) is 0 Å². The third-order valence-electron chi connectivity index (χ3n) is 4.04. The first-order valence-corrected chi connectivity index (χ1v) is 6.91. The van der Waals surface area contributed by atoms with E-state index in [1.165, 1.54) is 11.1 Å². The van der Waals surface area contributed by atoms with E-state index in [2.05, 4.69) is 45.1 Å². The Balaban J connectivity index is 2.55. The van der Waals surface area contributed by atoms with Crippen molar-refractivity contribution in [1.29, 1.82) is 0 Å². The second kappa shape index (κ2) is 5.16. The molecule has 0 radical (unpaired) electrons. The van der Waals surface area contributed by atoms with Gasteiger partial charge in [0.1, 0.15) is 0 Å². The molecule has 1 heteroatoms. The van der Waals surface area contributed by atoms with Gasteiger partial charge in [-0.3, -0.25) is 4.79 Å². The van der Waals surface area contributed by atoms with Gasteiger partial charge in [0.05, 0.1) is 0 Å². The molecule has 0 N–H and O–H groups in total. The van der Waals surface area contributed by atoms with Crippen molar-refractivity contribution >= 4 is 5.78 Å². The van der Waals surface area contributed by atoms with Crippen LogP contribution in [0.4, 0.5) is 0 Å². The predicted molar refractivity (Wildman–Crippen MR) is 80.7 cm³/mol. The Hall–Kier alpha value is -1.63. The number of rotatable bonds is 3. The van der Waals surface area contributed by atoms with Gasteiger partial charge in [-0.1, -0.05) is 61.4 Å². The van der Waals surface area contributed by atoms with Crippen LogP contribution in [0.3, 0.4) is 0 Å². The van der Waals surface area contributed by atoms with Crippen molar-refractivity contribution in [1.82, 2.24) is 0 Å². The molecule has 1 aliphatic carbocycles. The highest BCUT2D eigenvalue weighted by molar-refractivity contribution is 5.96. The smallest absolute Gasteiger partial charge is 0.160 e. The highest BCUT2D eigenvalue weighted by Crippen LogP contribution is 2.37. The van der Waals surface area contributed by atoms with Crippen molar-refractivity contribution in [2.75, 3.05) is 0 Å². The van der Waals surface area contributed by atoms with Crippen LogP contribution in [-0.4, -0.2) is 5.78 Å². The summed E-state index contributed by atoms with van der Waals surface area (Å²) in [7, 11) is 0. The Kier molecular flexibility index (Phi) is 3.75. The maximum absolute atomic E-state index is 11.9. The van der Waals surface area contributed by atoms with Gasteiger partial charge in [-0.25, -0.2) is 0 Å². The van der Waals surface area contributed by atoms with Gasteiger partial charge < -0.3 is 0 Å². The number of benzene rings is 1. The fourth-order valence-corrected chi connectivity index (χ4v) is 2.78. The molecule has 100 valence electrons. The summed E-state index contributed by atoms with van der Waals surface area (Å²) in [5, 5.41) is 0. The van der Waals surface area contributed by atoms with Crippen molar-refractivity contribution in [3.05, 3.63) is 58.7 Å². The van der Waals surface area contributed by atoms with Gasteiger partial charge in [0, 0.05) is 11.0 Å². The van der Waals surface area contributed by atoms with E-state index in [9.17, 15) is 4.79 Å². The van der Waals surface area contributed by atoms with Crippen LogP contribution >= 0.6 is 0 Å². The molecule has 0 heterocycles. The molecule has 1 nitrogen and oxygen atoms in total. The molecule has 0 bridgehead atoms. The summed E-state index contributed by atoms with van der Waals surface area (Å²) in [6.07, 6.45) is 8.70. The maximum atomic E-state index is 11.9. The van der Waals surface area contributed by atoms with Gasteiger partial charge in [-0.05, 0) is 32.3 Å². The number of hydrogen-bond acceptors (Lipinski definition) is 1. The van der Waals surface area contributed by atoms with Crippen LogP contribution in [0.1, 0.15) is 55.1 Å². The van der Waals surface area contributed by atoms with Crippen LogP contribution in [0.15, 0.2) is 42.0 Å². The van der Waals surface area contributed by atoms with Gasteiger partial charge in [-0.15, -0.1) is 0 Å². The molecule has 0 saturated heterocycles. The maximum Gasteiger partial charge on any atom is 0.160 e. The van der Waals surface area contributed by atoms with Crippen LogP contribution < -0.4 is 0 Å². The summed E-state index contributed by atoms with van der Waals surface area (Å²) in [6, 6.07) is 6.15. The highest BCUT2D eigenvalue weighted by Gasteiger charge is 2.29. The number of aryl methyl sites for hydroxylation is 1. The first-order valence-electron chi connectivity index (χ1n) is 6.91. The first kappa shape index (κ1) is 13.8. The molecule has 0 fully saturated rings. The van der Waals surface area contributed by atoms with E-state index in [1.54, 1.807) is 6.92 Å². The summed E-state index contributed by atoms with van der Waals surface area (Å²) in [4.78, 5) is 11.9. The number of ketones is 1. The van der Waals surface area contributed by atoms with E-state index < -0.39 is 0 Å². The van der Waals surface area contributed by atoms with E-state index in [4.69, 9.17) is 0 Å². The van der Waals surface area contributed by atoms with E-state index in [1.807, 2.05) is 12.1 Å². The Morgan fingerprint density at radius 2 is 2.00 bits per heavy atom. The number of carbonyl (C=O) groups excluding carboxylic acids is 1. The minimum atomic E-state index is -0.0855. The Bertz CT molecular complexity index is 559. The lowest BCUT2D eigenvalue weighted by Crippen LogP contribution is -2.24. The van der Waals surface area contributed by atoms with Crippen molar-refractivity contribution in [2.24, 2.45) is 0 Å². The van der Waals surface area contributed by atoms with E-state index in [0.717, 1.165) is 24.0 Å². The summed E-state index contributed by atoms with van der Waals surface area (Å²) < 4.78 is 0. The molecule has 19 heavy (non-hydrogen) atoms. The van der Waals surface area contributed by atoms with Crippen LogP contribution in [0, 0.1) is 6.92 Å². The monoisotopic (exact) mass is 254 g/mol. The highest BCUT2D eigenvalue weighted by atomic mass is 16.1. The van der Waals surface area contributed by atoms with Gasteiger partial charge in [0.15, 0.2) is 5.78 Å². The molecule has 0 amide bonds. The lowest BCUT2D eigenvalue weighted by atomic mass is 9.72. The molecule has 0 aliphatic heterocycles. The zero-order valence-electron chi connectivity index (χ0n) is 12.3. The molecule has 0 aromatic heterocycles. The lowest BCUT2D eigenvalue weighted by molar-refractivity contribution is 0.101. The minimum absolute atomic E-state index is 0.0855. The molecule has 2 rings (SSSR count). The molecular formula is C18H22O. The van der Waals surface area contributed by atoms with Gasteiger partial charge in [0.25, 0.3) is 0 Å². The normalized spacial score (nSPS) is 15.3.